The molecule has 0 heteroatoms. The Morgan fingerprint density at radius 1 is 1.08 bits per heavy atom. The maximum absolute atomic E-state index is 2.53. The van der Waals surface area contributed by atoms with E-state index in [1.807, 2.05) is 0 Å². The summed E-state index contributed by atoms with van der Waals surface area (Å²) in [4.78, 5) is 0. The van der Waals surface area contributed by atoms with E-state index in [2.05, 4.69) is 13.8 Å². The first-order valence-corrected chi connectivity index (χ1v) is 6.33. The maximum atomic E-state index is 2.53. The minimum atomic E-state index is 1.08. The van der Waals surface area contributed by atoms with E-state index in [1.54, 1.807) is 19.3 Å². The van der Waals surface area contributed by atoms with E-state index in [0.717, 1.165) is 17.8 Å². The van der Waals surface area contributed by atoms with E-state index in [-0.39, 0.29) is 0 Å². The zero-order valence-corrected chi connectivity index (χ0v) is 9.00. The third kappa shape index (κ3) is 0.926. The highest BCUT2D eigenvalue weighted by atomic mass is 14.6. The lowest BCUT2D eigenvalue weighted by Crippen LogP contribution is -2.48. The molecule has 0 amide bonds. The molecule has 3 rings (SSSR count). The highest BCUT2D eigenvalue weighted by Crippen LogP contribution is 2.66. The Kier molecular flexibility index (Phi) is 1.76. The molecule has 0 saturated heterocycles. The SMILES string of the molecule is CCCC1C(C)C2C3CCC(C3)C12. The molecule has 0 N–H and O–H groups in total. The van der Waals surface area contributed by atoms with Gasteiger partial charge in [-0.15, -0.1) is 0 Å². The van der Waals surface area contributed by atoms with E-state index >= 15 is 0 Å². The van der Waals surface area contributed by atoms with E-state index in [9.17, 15) is 0 Å². The molecule has 6 atom stereocenters. The van der Waals surface area contributed by atoms with Gasteiger partial charge in [0.25, 0.3) is 0 Å². The monoisotopic (exact) mass is 178 g/mol. The largest absolute Gasteiger partial charge is 0.0654 e. The summed E-state index contributed by atoms with van der Waals surface area (Å²) in [5, 5.41) is 0. The van der Waals surface area contributed by atoms with Crippen LogP contribution in [0.5, 0.6) is 0 Å². The van der Waals surface area contributed by atoms with Crippen molar-refractivity contribution in [1.29, 1.82) is 0 Å². The zero-order valence-electron chi connectivity index (χ0n) is 9.00. The molecule has 0 radical (unpaired) electrons. The van der Waals surface area contributed by atoms with Crippen LogP contribution in [-0.4, -0.2) is 0 Å². The summed E-state index contributed by atoms with van der Waals surface area (Å²) in [7, 11) is 0. The Labute approximate surface area is 82.1 Å². The van der Waals surface area contributed by atoms with E-state index in [4.69, 9.17) is 0 Å². The first-order chi connectivity index (χ1) is 6.33. The van der Waals surface area contributed by atoms with Gasteiger partial charge >= 0.3 is 0 Å². The first-order valence-electron chi connectivity index (χ1n) is 6.33. The van der Waals surface area contributed by atoms with Crippen molar-refractivity contribution >= 4 is 0 Å². The number of hydrogen-bond acceptors (Lipinski definition) is 0. The van der Waals surface area contributed by atoms with Crippen LogP contribution in [-0.2, 0) is 0 Å². The van der Waals surface area contributed by atoms with Crippen LogP contribution in [0.3, 0.4) is 0 Å². The molecule has 0 aromatic rings. The molecule has 0 nitrogen and oxygen atoms in total. The Bertz CT molecular complexity index is 208. The summed E-state index contributed by atoms with van der Waals surface area (Å²) in [6.07, 6.45) is 7.70. The normalized spacial score (nSPS) is 57.7. The topological polar surface area (TPSA) is 0 Å². The molecule has 0 aromatic heterocycles. The van der Waals surface area contributed by atoms with Gasteiger partial charge in [0.1, 0.15) is 0 Å². The molecule has 0 aromatic carbocycles. The predicted octanol–water partition coefficient (Wildman–Crippen LogP) is 3.71. The van der Waals surface area contributed by atoms with Gasteiger partial charge in [-0.1, -0.05) is 26.7 Å². The van der Waals surface area contributed by atoms with Crippen LogP contribution >= 0.6 is 0 Å². The molecule has 6 unspecified atom stereocenters. The Hall–Kier alpha value is 0. The average Bonchev–Trinajstić information content (AvgIpc) is 2.70. The van der Waals surface area contributed by atoms with Crippen LogP contribution in [0.15, 0.2) is 0 Å². The number of fused-ring (bicyclic) bond motifs is 5. The van der Waals surface area contributed by atoms with Crippen molar-refractivity contribution < 1.29 is 0 Å². The lowest BCUT2D eigenvalue weighted by atomic mass is 9.51. The third-order valence-electron chi connectivity index (χ3n) is 5.45. The summed E-state index contributed by atoms with van der Waals surface area (Å²) in [5.41, 5.74) is 0. The minimum absolute atomic E-state index is 1.08. The second-order valence-corrected chi connectivity index (χ2v) is 5.80. The van der Waals surface area contributed by atoms with Gasteiger partial charge < -0.3 is 0 Å². The van der Waals surface area contributed by atoms with Gasteiger partial charge in [-0.05, 0) is 54.8 Å². The third-order valence-corrected chi connectivity index (χ3v) is 5.45. The van der Waals surface area contributed by atoms with Crippen molar-refractivity contribution in [3.05, 3.63) is 0 Å². The second-order valence-electron chi connectivity index (χ2n) is 5.80. The van der Waals surface area contributed by atoms with Gasteiger partial charge in [0.05, 0.1) is 0 Å². The lowest BCUT2D eigenvalue weighted by Gasteiger charge is -2.53. The molecule has 2 bridgehead atoms. The Balaban J connectivity index is 1.76. The molecule has 0 heterocycles. The second kappa shape index (κ2) is 2.74. The van der Waals surface area contributed by atoms with Crippen LogP contribution in [0.2, 0.25) is 0 Å². The molecule has 0 aliphatic heterocycles. The van der Waals surface area contributed by atoms with E-state index in [1.165, 1.54) is 30.6 Å². The molecule has 3 fully saturated rings. The quantitative estimate of drug-likeness (QED) is 0.604. The van der Waals surface area contributed by atoms with E-state index in [0.29, 0.717) is 0 Å². The standard InChI is InChI=1S/C13H22/c1-3-4-11-8(2)12-9-5-6-10(7-9)13(11)12/h8-13H,3-7H2,1-2H3. The molecule has 3 saturated carbocycles. The highest BCUT2D eigenvalue weighted by Gasteiger charge is 2.60. The van der Waals surface area contributed by atoms with Crippen molar-refractivity contribution in [1.82, 2.24) is 0 Å². The summed E-state index contributed by atoms with van der Waals surface area (Å²) in [5.74, 6) is 6.91. The van der Waals surface area contributed by atoms with Gasteiger partial charge in [-0.2, -0.15) is 0 Å². The van der Waals surface area contributed by atoms with Crippen LogP contribution in [0, 0.1) is 35.5 Å². The fourth-order valence-electron chi connectivity index (χ4n) is 5.07. The van der Waals surface area contributed by atoms with Gasteiger partial charge in [0.15, 0.2) is 0 Å². The fraction of sp³-hybridized carbons (Fsp3) is 1.00. The van der Waals surface area contributed by atoms with Crippen LogP contribution in [0.4, 0.5) is 0 Å². The van der Waals surface area contributed by atoms with Crippen molar-refractivity contribution in [3.8, 4) is 0 Å². The molecule has 74 valence electrons. The van der Waals surface area contributed by atoms with Crippen molar-refractivity contribution in [3.63, 3.8) is 0 Å². The number of hydrogen-bond donors (Lipinski definition) is 0. The molecule has 3 aliphatic carbocycles. The van der Waals surface area contributed by atoms with Crippen LogP contribution in [0.25, 0.3) is 0 Å². The first kappa shape index (κ1) is 8.32. The van der Waals surface area contributed by atoms with Crippen LogP contribution < -0.4 is 0 Å². The lowest BCUT2D eigenvalue weighted by molar-refractivity contribution is -0.0547. The minimum Gasteiger partial charge on any atom is -0.0654 e. The smallest absolute Gasteiger partial charge is 0.0321 e. The maximum Gasteiger partial charge on any atom is -0.0321 e. The molecule has 13 heavy (non-hydrogen) atoms. The Morgan fingerprint density at radius 3 is 2.46 bits per heavy atom. The molecule has 3 aliphatic rings. The van der Waals surface area contributed by atoms with Gasteiger partial charge in [0, 0.05) is 0 Å². The summed E-state index contributed by atoms with van der Waals surface area (Å²) < 4.78 is 0. The fourth-order valence-corrected chi connectivity index (χ4v) is 5.07. The van der Waals surface area contributed by atoms with E-state index < -0.39 is 0 Å². The zero-order chi connectivity index (χ0) is 9.00. The Morgan fingerprint density at radius 2 is 1.77 bits per heavy atom. The van der Waals surface area contributed by atoms with Gasteiger partial charge in [-0.3, -0.25) is 0 Å². The summed E-state index contributed by atoms with van der Waals surface area (Å²) in [6, 6.07) is 0. The molecular weight excluding hydrogens is 156 g/mol. The van der Waals surface area contributed by atoms with Crippen molar-refractivity contribution in [2.24, 2.45) is 35.5 Å². The highest BCUT2D eigenvalue weighted by molar-refractivity contribution is 5.08. The van der Waals surface area contributed by atoms with Crippen molar-refractivity contribution in [2.45, 2.75) is 46.0 Å². The number of rotatable bonds is 2. The van der Waals surface area contributed by atoms with Gasteiger partial charge in [-0.25, -0.2) is 0 Å². The van der Waals surface area contributed by atoms with Crippen molar-refractivity contribution in [2.75, 3.05) is 0 Å². The van der Waals surface area contributed by atoms with Crippen LogP contribution in [0.1, 0.15) is 46.0 Å². The molecular formula is C13H22. The summed E-state index contributed by atoms with van der Waals surface area (Å²) >= 11 is 0. The molecule has 0 spiro atoms. The van der Waals surface area contributed by atoms with Gasteiger partial charge in [0.2, 0.25) is 0 Å². The average molecular weight is 178 g/mol. The predicted molar refractivity (Wildman–Crippen MR) is 55.4 cm³/mol. The summed E-state index contributed by atoms with van der Waals surface area (Å²) in [6.45, 7) is 4.88.